The summed E-state index contributed by atoms with van der Waals surface area (Å²) in [6.07, 6.45) is -13.0. The fourth-order valence-electron chi connectivity index (χ4n) is 4.97. The minimum absolute atomic E-state index is 0.0496. The lowest BCUT2D eigenvalue weighted by Gasteiger charge is -2.43. The third-order valence-corrected chi connectivity index (χ3v) is 7.73. The van der Waals surface area contributed by atoms with Gasteiger partial charge in [-0.2, -0.15) is 0 Å². The molecule has 0 aliphatic carbocycles. The number of benzene rings is 2. The molecule has 0 saturated carbocycles. The molecule has 0 aromatic heterocycles. The molecule has 9 N–H and O–H groups in total. The van der Waals surface area contributed by atoms with E-state index >= 15 is 0 Å². The van der Waals surface area contributed by atoms with Gasteiger partial charge in [0.05, 0.1) is 27.4 Å². The van der Waals surface area contributed by atoms with Crippen molar-refractivity contribution in [3.05, 3.63) is 53.6 Å². The van der Waals surface area contributed by atoms with Crippen LogP contribution in [0.4, 0.5) is 0 Å². The number of aromatic hydroxyl groups is 3. The monoisotopic (exact) mass is 710 g/mol. The van der Waals surface area contributed by atoms with Gasteiger partial charge in [-0.25, -0.2) is 9.59 Å². The van der Waals surface area contributed by atoms with Gasteiger partial charge < -0.3 is 79.1 Å². The minimum Gasteiger partial charge on any atom is -0.504 e. The highest BCUT2D eigenvalue weighted by atomic mass is 16.7. The molecule has 2 heterocycles. The summed E-state index contributed by atoms with van der Waals surface area (Å²) >= 11 is 0. The van der Waals surface area contributed by atoms with Crippen molar-refractivity contribution in [1.82, 2.24) is 0 Å². The molecule has 2 fully saturated rings. The number of carbonyl (C=O) groups excluding carboxylic acids is 2. The van der Waals surface area contributed by atoms with E-state index in [-0.39, 0.29) is 23.0 Å². The molecule has 2 aliphatic heterocycles. The van der Waals surface area contributed by atoms with Crippen LogP contribution in [-0.2, 0) is 33.3 Å². The number of rotatable bonds is 12. The maximum absolute atomic E-state index is 12.8. The van der Waals surface area contributed by atoms with Gasteiger partial charge >= 0.3 is 11.9 Å². The predicted molar refractivity (Wildman–Crippen MR) is 165 cm³/mol. The van der Waals surface area contributed by atoms with Gasteiger partial charge in [-0.05, 0) is 47.5 Å². The maximum atomic E-state index is 12.8. The number of aliphatic hydroxyl groups is 6. The number of methoxy groups -OCH3 is 2. The van der Waals surface area contributed by atoms with Gasteiger partial charge in [-0.15, -0.1) is 0 Å². The number of hydrogen-bond donors (Lipinski definition) is 9. The zero-order valence-electron chi connectivity index (χ0n) is 26.6. The Balaban J connectivity index is 1.44. The second-order valence-electron chi connectivity index (χ2n) is 11.1. The molecule has 50 heavy (non-hydrogen) atoms. The van der Waals surface area contributed by atoms with Crippen molar-refractivity contribution >= 4 is 24.1 Å². The number of carbonyl (C=O) groups is 2. The van der Waals surface area contributed by atoms with E-state index in [2.05, 4.69) is 0 Å². The summed E-state index contributed by atoms with van der Waals surface area (Å²) < 4.78 is 37.1. The van der Waals surface area contributed by atoms with Crippen LogP contribution in [0.1, 0.15) is 11.1 Å². The first kappa shape index (κ1) is 38.3. The molecule has 10 atom stereocenters. The van der Waals surface area contributed by atoms with Gasteiger partial charge in [0.1, 0.15) is 42.7 Å². The predicted octanol–water partition coefficient (Wildman–Crippen LogP) is -1.73. The van der Waals surface area contributed by atoms with Crippen molar-refractivity contribution in [2.75, 3.05) is 27.4 Å². The fraction of sp³-hybridized carbons (Fsp3) is 0.438. The SMILES string of the molecule is COc1cc(/C=C/C(=O)O[C@H]2[C@H](OC[C@H]3O[C@@H](OC(=O)/C=C/c4ccc(O)c(O)c4)[C@H](O)[C@H](O)[C@@H]3O)O[C@H](CO)[C@@H](O)[C@@H]2O)cc(OC)c1O. The Morgan fingerprint density at radius 1 is 0.700 bits per heavy atom. The van der Waals surface area contributed by atoms with Crippen LogP contribution >= 0.6 is 0 Å². The second kappa shape index (κ2) is 16.9. The number of esters is 2. The number of aliphatic hydroxyl groups excluding tert-OH is 6. The zero-order chi connectivity index (χ0) is 36.7. The standard InChI is InChI=1S/C32H38O18/c1-44-18-10-15(11-19(45-2)24(18)38)5-8-22(36)49-30-28(42)25(39)20(12-33)47-32(30)46-13-21-26(40)27(41)29(43)31(48-21)50-23(37)7-4-14-3-6-16(34)17(35)9-14/h3-11,20-21,25-35,38-43H,12-13H2,1-2H3/b7-4+,8-5+/t20-,21-,25-,26-,27-,28+,29-,30-,31+,32-/m1/s1. The number of hydrogen-bond acceptors (Lipinski definition) is 18. The Morgan fingerprint density at radius 2 is 1.28 bits per heavy atom. The lowest BCUT2D eigenvalue weighted by molar-refractivity contribution is -0.327. The molecule has 2 aromatic rings. The average molecular weight is 711 g/mol. The highest BCUT2D eigenvalue weighted by Crippen LogP contribution is 2.37. The molecule has 18 heteroatoms. The van der Waals surface area contributed by atoms with E-state index < -0.39 is 92.3 Å². The summed E-state index contributed by atoms with van der Waals surface area (Å²) in [5.74, 6) is -3.11. The molecule has 18 nitrogen and oxygen atoms in total. The van der Waals surface area contributed by atoms with E-state index in [0.29, 0.717) is 11.1 Å². The zero-order valence-corrected chi connectivity index (χ0v) is 26.6. The smallest absolute Gasteiger partial charge is 0.333 e. The van der Waals surface area contributed by atoms with Crippen LogP contribution < -0.4 is 9.47 Å². The van der Waals surface area contributed by atoms with Crippen molar-refractivity contribution in [3.8, 4) is 28.7 Å². The molecule has 0 spiro atoms. The topological polar surface area (TPSA) is 281 Å². The van der Waals surface area contributed by atoms with E-state index in [1.165, 1.54) is 50.6 Å². The van der Waals surface area contributed by atoms with Crippen LogP contribution in [0.25, 0.3) is 12.2 Å². The first-order chi connectivity index (χ1) is 23.8. The highest BCUT2D eigenvalue weighted by molar-refractivity contribution is 5.88. The molecule has 274 valence electrons. The first-order valence-electron chi connectivity index (χ1n) is 15.0. The Kier molecular flexibility index (Phi) is 13.0. The molecule has 2 aromatic carbocycles. The van der Waals surface area contributed by atoms with E-state index in [1.807, 2.05) is 0 Å². The molecular weight excluding hydrogens is 672 g/mol. The molecule has 2 saturated heterocycles. The van der Waals surface area contributed by atoms with Gasteiger partial charge in [-0.3, -0.25) is 0 Å². The fourth-order valence-corrected chi connectivity index (χ4v) is 4.97. The summed E-state index contributed by atoms with van der Waals surface area (Å²) in [4.78, 5) is 25.2. The number of phenolic OH excluding ortho intramolecular Hbond substituents is 3. The van der Waals surface area contributed by atoms with E-state index in [9.17, 15) is 55.5 Å². The van der Waals surface area contributed by atoms with Crippen molar-refractivity contribution in [2.24, 2.45) is 0 Å². The van der Waals surface area contributed by atoms with Crippen molar-refractivity contribution in [1.29, 1.82) is 0 Å². The van der Waals surface area contributed by atoms with Gasteiger partial charge in [0.25, 0.3) is 0 Å². The van der Waals surface area contributed by atoms with Crippen LogP contribution in [-0.4, -0.2) is 147 Å². The number of ether oxygens (including phenoxy) is 7. The summed E-state index contributed by atoms with van der Waals surface area (Å²) in [6, 6.07) is 6.52. The largest absolute Gasteiger partial charge is 0.504 e. The number of phenols is 3. The molecule has 0 amide bonds. The Labute approximate surface area is 284 Å². The van der Waals surface area contributed by atoms with Crippen molar-refractivity contribution in [3.63, 3.8) is 0 Å². The van der Waals surface area contributed by atoms with Crippen LogP contribution in [0, 0.1) is 0 Å². The van der Waals surface area contributed by atoms with Crippen LogP contribution in [0.2, 0.25) is 0 Å². The first-order valence-corrected chi connectivity index (χ1v) is 15.0. The molecule has 0 bridgehead atoms. The molecule has 2 aliphatic rings. The maximum Gasteiger partial charge on any atom is 0.333 e. The molecule has 0 unspecified atom stereocenters. The van der Waals surface area contributed by atoms with Gasteiger partial charge in [-0.1, -0.05) is 6.07 Å². The minimum atomic E-state index is -1.91. The molecule has 4 rings (SSSR count). The molecular formula is C32H38O18. The van der Waals surface area contributed by atoms with Crippen LogP contribution in [0.5, 0.6) is 28.7 Å². The lowest BCUT2D eigenvalue weighted by Crippen LogP contribution is -2.62. The Bertz CT molecular complexity index is 1520. The van der Waals surface area contributed by atoms with E-state index in [1.54, 1.807) is 0 Å². The summed E-state index contributed by atoms with van der Waals surface area (Å²) in [5.41, 5.74) is 0.647. The van der Waals surface area contributed by atoms with E-state index in [0.717, 1.165) is 18.2 Å². The van der Waals surface area contributed by atoms with E-state index in [4.69, 9.17) is 33.2 Å². The average Bonchev–Trinajstić information content (AvgIpc) is 3.10. The van der Waals surface area contributed by atoms with Crippen LogP contribution in [0.3, 0.4) is 0 Å². The second-order valence-corrected chi connectivity index (χ2v) is 11.1. The normalized spacial score (nSPS) is 29.9. The van der Waals surface area contributed by atoms with Gasteiger partial charge in [0.15, 0.2) is 35.4 Å². The summed E-state index contributed by atoms with van der Waals surface area (Å²) in [6.45, 7) is -1.48. The van der Waals surface area contributed by atoms with Crippen molar-refractivity contribution in [2.45, 2.75) is 61.4 Å². The third-order valence-electron chi connectivity index (χ3n) is 7.73. The van der Waals surface area contributed by atoms with Gasteiger partial charge in [0.2, 0.25) is 12.0 Å². The van der Waals surface area contributed by atoms with Crippen molar-refractivity contribution < 1.29 is 88.7 Å². The summed E-state index contributed by atoms with van der Waals surface area (Å²) in [5, 5.41) is 91.3. The quantitative estimate of drug-likeness (QED) is 0.0672. The Morgan fingerprint density at radius 3 is 1.88 bits per heavy atom. The Hall–Kier alpha value is -4.50. The van der Waals surface area contributed by atoms with Crippen LogP contribution in [0.15, 0.2) is 42.5 Å². The summed E-state index contributed by atoms with van der Waals surface area (Å²) in [7, 11) is 2.62. The molecule has 0 radical (unpaired) electrons. The van der Waals surface area contributed by atoms with Gasteiger partial charge in [0, 0.05) is 12.2 Å². The lowest BCUT2D eigenvalue weighted by atomic mass is 9.98. The highest BCUT2D eigenvalue weighted by Gasteiger charge is 2.49. The third kappa shape index (κ3) is 8.99.